The number of aliphatic hydroxyl groups is 1. The van der Waals surface area contributed by atoms with E-state index in [1.54, 1.807) is 0 Å². The van der Waals surface area contributed by atoms with E-state index in [1.165, 1.54) is 10.4 Å². The third-order valence-electron chi connectivity index (χ3n) is 4.93. The molecule has 2 rings (SSSR count). The van der Waals surface area contributed by atoms with Gasteiger partial charge in [0, 0.05) is 6.61 Å². The molecule has 1 atom stereocenters. The third kappa shape index (κ3) is 6.24. The molecule has 0 saturated heterocycles. The second-order valence-electron chi connectivity index (χ2n) is 9.52. The number of hydrogen-bond donors (Lipinski definition) is 2. The van der Waals surface area contributed by atoms with Crippen molar-refractivity contribution in [2.45, 2.75) is 64.6 Å². The molecular formula is C24H37NO3Si. The molecule has 0 spiro atoms. The quantitative estimate of drug-likeness (QED) is 0.485. The van der Waals surface area contributed by atoms with E-state index < -0.39 is 8.32 Å². The van der Waals surface area contributed by atoms with Gasteiger partial charge < -0.3 is 9.53 Å². The summed E-state index contributed by atoms with van der Waals surface area (Å²) >= 11 is 0. The Morgan fingerprint density at radius 1 is 0.862 bits per heavy atom. The monoisotopic (exact) mass is 415 g/mol. The van der Waals surface area contributed by atoms with Gasteiger partial charge in [-0.3, -0.25) is 4.84 Å². The lowest BCUT2D eigenvalue weighted by Gasteiger charge is -2.43. The van der Waals surface area contributed by atoms with Crippen molar-refractivity contribution in [2.24, 2.45) is 0 Å². The summed E-state index contributed by atoms with van der Waals surface area (Å²) < 4.78 is 6.93. The van der Waals surface area contributed by atoms with Crippen molar-refractivity contribution in [3.8, 4) is 0 Å². The van der Waals surface area contributed by atoms with Crippen LogP contribution < -0.4 is 15.9 Å². The summed E-state index contributed by atoms with van der Waals surface area (Å²) in [7, 11) is -2.59. The highest BCUT2D eigenvalue weighted by Gasteiger charge is 2.50. The van der Waals surface area contributed by atoms with Crippen LogP contribution in [-0.2, 0) is 9.26 Å². The predicted molar refractivity (Wildman–Crippen MR) is 123 cm³/mol. The molecule has 0 amide bonds. The van der Waals surface area contributed by atoms with E-state index in [4.69, 9.17) is 9.26 Å². The second kappa shape index (κ2) is 10.0. The molecule has 2 N–H and O–H groups in total. The van der Waals surface area contributed by atoms with Crippen LogP contribution in [0.5, 0.6) is 0 Å². The van der Waals surface area contributed by atoms with Gasteiger partial charge in [0.25, 0.3) is 8.32 Å². The average molecular weight is 416 g/mol. The Kier molecular flexibility index (Phi) is 8.20. The first-order valence-corrected chi connectivity index (χ1v) is 12.3. The average Bonchev–Trinajstić information content (AvgIpc) is 2.66. The summed E-state index contributed by atoms with van der Waals surface area (Å²) in [5.74, 6) is 0. The number of rotatable bonds is 9. The zero-order chi connectivity index (χ0) is 21.5. The minimum absolute atomic E-state index is 0.0786. The number of nitrogens with one attached hydrogen (secondary N) is 1. The van der Waals surface area contributed by atoms with Crippen molar-refractivity contribution in [2.75, 3.05) is 13.2 Å². The van der Waals surface area contributed by atoms with E-state index in [9.17, 15) is 5.11 Å². The van der Waals surface area contributed by atoms with Crippen LogP contribution >= 0.6 is 0 Å². The number of aliphatic hydroxyl groups excluding tert-OH is 1. The Labute approximate surface area is 177 Å². The Morgan fingerprint density at radius 2 is 1.34 bits per heavy atom. The smallest absolute Gasteiger partial charge is 0.261 e. The minimum Gasteiger partial charge on any atom is -0.406 e. The molecule has 29 heavy (non-hydrogen) atoms. The van der Waals surface area contributed by atoms with Crippen LogP contribution in [0.4, 0.5) is 0 Å². The first kappa shape index (κ1) is 23.8. The molecule has 0 aliphatic carbocycles. The molecule has 0 aromatic heterocycles. The van der Waals surface area contributed by atoms with Crippen molar-refractivity contribution in [3.63, 3.8) is 0 Å². The molecular weight excluding hydrogens is 378 g/mol. The lowest BCUT2D eigenvalue weighted by Crippen LogP contribution is -2.67. The molecule has 0 bridgehead atoms. The lowest BCUT2D eigenvalue weighted by molar-refractivity contribution is -0.0959. The Bertz CT molecular complexity index is 684. The van der Waals surface area contributed by atoms with Gasteiger partial charge in [0.1, 0.15) is 0 Å². The standard InChI is InChI=1S/C24H37NO3Si/c1-23(2,3)28-25-20(17-18-26)19-27-29(24(4,5)6,21-13-9-7-10-14-21)22-15-11-8-12-16-22/h7-16,20,25-26H,17-19H2,1-6H3/t20-/m0/s1. The molecule has 0 radical (unpaired) electrons. The highest BCUT2D eigenvalue weighted by atomic mass is 28.4. The second-order valence-corrected chi connectivity index (χ2v) is 13.8. The van der Waals surface area contributed by atoms with E-state index in [-0.39, 0.29) is 23.3 Å². The summed E-state index contributed by atoms with van der Waals surface area (Å²) in [5.41, 5.74) is 2.81. The highest BCUT2D eigenvalue weighted by molar-refractivity contribution is 6.99. The fourth-order valence-electron chi connectivity index (χ4n) is 3.58. The van der Waals surface area contributed by atoms with Crippen molar-refractivity contribution < 1.29 is 14.4 Å². The third-order valence-corrected chi connectivity index (χ3v) is 9.93. The molecule has 2 aromatic carbocycles. The van der Waals surface area contributed by atoms with Gasteiger partial charge >= 0.3 is 0 Å². The fraction of sp³-hybridized carbons (Fsp3) is 0.500. The van der Waals surface area contributed by atoms with Gasteiger partial charge in [-0.25, -0.2) is 0 Å². The predicted octanol–water partition coefficient (Wildman–Crippen LogP) is 3.63. The maximum atomic E-state index is 9.55. The minimum atomic E-state index is -2.59. The molecule has 160 valence electrons. The Balaban J connectivity index is 2.42. The van der Waals surface area contributed by atoms with Gasteiger partial charge in [-0.1, -0.05) is 81.4 Å². The largest absolute Gasteiger partial charge is 0.406 e. The van der Waals surface area contributed by atoms with Crippen LogP contribution in [0.25, 0.3) is 0 Å². The van der Waals surface area contributed by atoms with Gasteiger partial charge in [-0.15, -0.1) is 0 Å². The molecule has 5 heteroatoms. The lowest BCUT2D eigenvalue weighted by atomic mass is 10.2. The van der Waals surface area contributed by atoms with Crippen LogP contribution in [0.3, 0.4) is 0 Å². The van der Waals surface area contributed by atoms with E-state index in [2.05, 4.69) is 74.8 Å². The molecule has 0 fully saturated rings. The summed E-state index contributed by atoms with van der Waals surface area (Å²) in [5, 5.41) is 12.0. The van der Waals surface area contributed by atoms with Crippen molar-refractivity contribution >= 4 is 18.7 Å². The summed E-state index contributed by atoms with van der Waals surface area (Å²) in [6.07, 6.45) is 0.564. The molecule has 0 aliphatic heterocycles. The molecule has 0 saturated carbocycles. The van der Waals surface area contributed by atoms with E-state index >= 15 is 0 Å². The number of hydroxylamine groups is 1. The van der Waals surface area contributed by atoms with E-state index in [0.717, 1.165) is 0 Å². The van der Waals surface area contributed by atoms with Crippen LogP contribution in [0, 0.1) is 0 Å². The van der Waals surface area contributed by atoms with Gasteiger partial charge in [0.05, 0.1) is 18.2 Å². The molecule has 0 heterocycles. The van der Waals surface area contributed by atoms with Crippen LogP contribution in [-0.4, -0.2) is 38.3 Å². The molecule has 0 unspecified atom stereocenters. The fourth-order valence-corrected chi connectivity index (χ4v) is 8.19. The normalized spacial score (nSPS) is 14.0. The zero-order valence-corrected chi connectivity index (χ0v) is 19.7. The van der Waals surface area contributed by atoms with Gasteiger partial charge in [0.15, 0.2) is 0 Å². The van der Waals surface area contributed by atoms with Gasteiger partial charge in [-0.05, 0) is 42.6 Å². The van der Waals surface area contributed by atoms with E-state index in [0.29, 0.717) is 13.0 Å². The first-order valence-electron chi connectivity index (χ1n) is 10.4. The number of hydrogen-bond acceptors (Lipinski definition) is 4. The molecule has 0 aliphatic rings. The summed E-state index contributed by atoms with van der Waals surface area (Å²) in [4.78, 5) is 5.78. The Hall–Kier alpha value is -1.50. The SMILES string of the molecule is CC(C)(C)ON[C@@H](CCO)CO[Si](c1ccccc1)(c1ccccc1)C(C)(C)C. The maximum Gasteiger partial charge on any atom is 0.261 e. The van der Waals surface area contributed by atoms with Gasteiger partial charge in [-0.2, -0.15) is 5.48 Å². The zero-order valence-electron chi connectivity index (χ0n) is 18.7. The highest BCUT2D eigenvalue weighted by Crippen LogP contribution is 2.36. The summed E-state index contributed by atoms with van der Waals surface area (Å²) in [6, 6.07) is 21.1. The van der Waals surface area contributed by atoms with Crippen molar-refractivity contribution in [3.05, 3.63) is 60.7 Å². The number of benzene rings is 2. The Morgan fingerprint density at radius 3 is 1.72 bits per heavy atom. The van der Waals surface area contributed by atoms with Crippen LogP contribution in [0.15, 0.2) is 60.7 Å². The maximum absolute atomic E-state index is 9.55. The van der Waals surface area contributed by atoms with E-state index in [1.807, 2.05) is 32.9 Å². The van der Waals surface area contributed by atoms with Crippen molar-refractivity contribution in [1.82, 2.24) is 5.48 Å². The molecule has 4 nitrogen and oxygen atoms in total. The van der Waals surface area contributed by atoms with Gasteiger partial charge in [0.2, 0.25) is 0 Å². The first-order chi connectivity index (χ1) is 13.6. The van der Waals surface area contributed by atoms with Crippen LogP contribution in [0.1, 0.15) is 48.0 Å². The topological polar surface area (TPSA) is 50.7 Å². The van der Waals surface area contributed by atoms with Crippen molar-refractivity contribution in [1.29, 1.82) is 0 Å². The molecule has 2 aromatic rings. The summed E-state index contributed by atoms with van der Waals surface area (Å²) in [6.45, 7) is 13.3. The van der Waals surface area contributed by atoms with Crippen LogP contribution in [0.2, 0.25) is 5.04 Å².